The Bertz CT molecular complexity index is 584. The number of pyridine rings is 1. The molecule has 1 atom stereocenters. The first-order valence-electron chi connectivity index (χ1n) is 6.47. The van der Waals surface area contributed by atoms with Gasteiger partial charge in [-0.15, -0.1) is 0 Å². The lowest BCUT2D eigenvalue weighted by atomic mass is 10.1. The molecule has 1 N–H and O–H groups in total. The van der Waals surface area contributed by atoms with Crippen molar-refractivity contribution in [2.24, 2.45) is 0 Å². The second-order valence-corrected chi connectivity index (χ2v) is 5.77. The highest BCUT2D eigenvalue weighted by Gasteiger charge is 2.11. The first-order valence-corrected chi connectivity index (χ1v) is 7.39. The van der Waals surface area contributed by atoms with Crippen LogP contribution in [-0.4, -0.2) is 36.0 Å². The molecule has 20 heavy (non-hydrogen) atoms. The Labute approximate surface area is 126 Å². The summed E-state index contributed by atoms with van der Waals surface area (Å²) in [6, 6.07) is 9.65. The quantitative estimate of drug-likeness (QED) is 0.825. The van der Waals surface area contributed by atoms with Gasteiger partial charge in [0.15, 0.2) is 0 Å². The fourth-order valence-corrected chi connectivity index (χ4v) is 2.48. The van der Waals surface area contributed by atoms with Crippen molar-refractivity contribution in [2.75, 3.05) is 20.3 Å². The summed E-state index contributed by atoms with van der Waals surface area (Å²) in [5, 5.41) is 4.79. The van der Waals surface area contributed by atoms with Crippen LogP contribution in [0.5, 0.6) is 0 Å². The van der Waals surface area contributed by atoms with E-state index in [0.717, 1.165) is 17.2 Å². The van der Waals surface area contributed by atoms with Crippen molar-refractivity contribution >= 4 is 32.6 Å². The number of nitrogens with one attached hydrogen (secondary N) is 1. The van der Waals surface area contributed by atoms with Crippen molar-refractivity contribution in [1.29, 1.82) is 0 Å². The molecule has 0 spiro atoms. The summed E-state index contributed by atoms with van der Waals surface area (Å²) in [5.41, 5.74) is 0.473. The average Bonchev–Trinajstić information content (AvgIpc) is 2.47. The van der Waals surface area contributed by atoms with E-state index in [1.54, 1.807) is 13.3 Å². The van der Waals surface area contributed by atoms with Crippen LogP contribution in [0.15, 0.2) is 36.5 Å². The van der Waals surface area contributed by atoms with Crippen LogP contribution < -0.4 is 5.32 Å². The van der Waals surface area contributed by atoms with Gasteiger partial charge in [-0.2, -0.15) is 0 Å². The van der Waals surface area contributed by atoms with Gasteiger partial charge in [0.25, 0.3) is 5.91 Å². The minimum Gasteiger partial charge on any atom is -0.384 e. The molecule has 0 aliphatic rings. The van der Waals surface area contributed by atoms with Crippen LogP contribution in [0.25, 0.3) is 10.8 Å². The number of halogens is 1. The lowest BCUT2D eigenvalue weighted by Gasteiger charge is -2.10. The summed E-state index contributed by atoms with van der Waals surface area (Å²) in [6.45, 7) is 1.21. The molecule has 0 fully saturated rings. The summed E-state index contributed by atoms with van der Waals surface area (Å²) in [5.74, 6) is -0.140. The number of fused-ring (bicyclic) bond motifs is 1. The van der Waals surface area contributed by atoms with Gasteiger partial charge in [-0.25, -0.2) is 0 Å². The first-order chi connectivity index (χ1) is 9.72. The van der Waals surface area contributed by atoms with Gasteiger partial charge < -0.3 is 10.1 Å². The minimum atomic E-state index is -0.140. The number of amides is 1. The number of alkyl halides is 1. The van der Waals surface area contributed by atoms with Gasteiger partial charge in [-0.1, -0.05) is 40.2 Å². The zero-order valence-electron chi connectivity index (χ0n) is 11.3. The smallest absolute Gasteiger partial charge is 0.270 e. The van der Waals surface area contributed by atoms with Crippen LogP contribution in [0.2, 0.25) is 0 Å². The Kier molecular flexibility index (Phi) is 5.49. The molecule has 0 aliphatic heterocycles. The number of ether oxygens (including phenoxy) is 1. The van der Waals surface area contributed by atoms with Crippen molar-refractivity contribution in [2.45, 2.75) is 11.2 Å². The fourth-order valence-electron chi connectivity index (χ4n) is 1.99. The number of aromatic nitrogens is 1. The molecular formula is C15H17BrN2O2. The first kappa shape index (κ1) is 14.9. The van der Waals surface area contributed by atoms with Gasteiger partial charge in [-0.3, -0.25) is 9.78 Å². The Balaban J connectivity index is 2.01. The highest BCUT2D eigenvalue weighted by Crippen LogP contribution is 2.16. The van der Waals surface area contributed by atoms with E-state index in [1.807, 2.05) is 30.3 Å². The number of carbonyl (C=O) groups is 1. The van der Waals surface area contributed by atoms with E-state index in [9.17, 15) is 4.79 Å². The number of hydrogen-bond donors (Lipinski definition) is 1. The maximum absolute atomic E-state index is 12.2. The zero-order chi connectivity index (χ0) is 14.4. The normalized spacial score (nSPS) is 12.3. The molecule has 1 unspecified atom stereocenters. The molecule has 106 valence electrons. The van der Waals surface area contributed by atoms with Gasteiger partial charge >= 0.3 is 0 Å². The zero-order valence-corrected chi connectivity index (χ0v) is 12.9. The number of methoxy groups -OCH3 is 1. The van der Waals surface area contributed by atoms with Gasteiger partial charge in [0.2, 0.25) is 0 Å². The molecule has 0 saturated heterocycles. The molecule has 1 amide bonds. The molecule has 1 aromatic heterocycles. The van der Waals surface area contributed by atoms with Gasteiger partial charge in [0.1, 0.15) is 5.69 Å². The second-order valence-electron chi connectivity index (χ2n) is 4.48. The topological polar surface area (TPSA) is 51.2 Å². The molecule has 1 heterocycles. The van der Waals surface area contributed by atoms with Crippen LogP contribution in [0, 0.1) is 0 Å². The van der Waals surface area contributed by atoms with Crippen LogP contribution in [0.3, 0.4) is 0 Å². The average molecular weight is 337 g/mol. The van der Waals surface area contributed by atoms with Crippen LogP contribution in [0.1, 0.15) is 16.9 Å². The van der Waals surface area contributed by atoms with Gasteiger partial charge in [0.05, 0.1) is 6.61 Å². The summed E-state index contributed by atoms with van der Waals surface area (Å²) in [7, 11) is 1.66. The molecule has 2 aromatic rings. The molecular weight excluding hydrogens is 320 g/mol. The summed E-state index contributed by atoms with van der Waals surface area (Å²) in [6.07, 6.45) is 2.47. The largest absolute Gasteiger partial charge is 0.384 e. The highest BCUT2D eigenvalue weighted by atomic mass is 79.9. The maximum Gasteiger partial charge on any atom is 0.270 e. The summed E-state index contributed by atoms with van der Waals surface area (Å²) in [4.78, 5) is 16.6. The number of rotatable bonds is 6. The predicted octanol–water partition coefficient (Wildman–Crippen LogP) is 2.76. The Morgan fingerprint density at radius 2 is 2.20 bits per heavy atom. The van der Waals surface area contributed by atoms with Crippen molar-refractivity contribution in [3.8, 4) is 0 Å². The van der Waals surface area contributed by atoms with Gasteiger partial charge in [0, 0.05) is 30.1 Å². The van der Waals surface area contributed by atoms with Crippen LogP contribution >= 0.6 is 15.9 Å². The van der Waals surface area contributed by atoms with E-state index in [-0.39, 0.29) is 10.7 Å². The van der Waals surface area contributed by atoms with Crippen molar-refractivity contribution in [3.63, 3.8) is 0 Å². The maximum atomic E-state index is 12.2. The Morgan fingerprint density at radius 3 is 3.00 bits per heavy atom. The molecule has 5 heteroatoms. The minimum absolute atomic E-state index is 0.140. The van der Waals surface area contributed by atoms with Crippen LogP contribution in [0.4, 0.5) is 0 Å². The molecule has 0 saturated carbocycles. The van der Waals surface area contributed by atoms with Crippen molar-refractivity contribution < 1.29 is 9.53 Å². The molecule has 2 rings (SSSR count). The third-order valence-corrected chi connectivity index (χ3v) is 3.70. The van der Waals surface area contributed by atoms with E-state index in [2.05, 4.69) is 26.2 Å². The number of nitrogens with zero attached hydrogens (tertiary/aromatic N) is 1. The number of carbonyl (C=O) groups excluding carboxylic acids is 1. The van der Waals surface area contributed by atoms with Gasteiger partial charge in [-0.05, 0) is 17.9 Å². The van der Waals surface area contributed by atoms with E-state index in [0.29, 0.717) is 18.8 Å². The SMILES string of the molecule is COCC(Br)CCNC(=O)c1nccc2ccccc12. The van der Waals surface area contributed by atoms with Crippen LogP contribution in [-0.2, 0) is 4.74 Å². The fraction of sp³-hybridized carbons (Fsp3) is 0.333. The summed E-state index contributed by atoms with van der Waals surface area (Å²) >= 11 is 3.49. The summed E-state index contributed by atoms with van der Waals surface area (Å²) < 4.78 is 5.03. The highest BCUT2D eigenvalue weighted by molar-refractivity contribution is 9.09. The third-order valence-electron chi connectivity index (χ3n) is 2.98. The second kappa shape index (κ2) is 7.36. The Hall–Kier alpha value is -1.46. The van der Waals surface area contributed by atoms with Crippen molar-refractivity contribution in [1.82, 2.24) is 10.3 Å². The van der Waals surface area contributed by atoms with E-state index in [4.69, 9.17) is 4.74 Å². The molecule has 4 nitrogen and oxygen atoms in total. The molecule has 0 aliphatic carbocycles. The lowest BCUT2D eigenvalue weighted by Crippen LogP contribution is -2.27. The monoisotopic (exact) mass is 336 g/mol. The standard InChI is InChI=1S/C15H17BrN2O2/c1-20-10-12(16)7-9-18-15(19)14-13-5-3-2-4-11(13)6-8-17-14/h2-6,8,12H,7,9-10H2,1H3,(H,18,19). The predicted molar refractivity (Wildman–Crippen MR) is 83.3 cm³/mol. The van der Waals surface area contributed by atoms with E-state index < -0.39 is 0 Å². The number of hydrogen-bond acceptors (Lipinski definition) is 3. The molecule has 0 radical (unpaired) electrons. The Morgan fingerprint density at radius 1 is 1.40 bits per heavy atom. The molecule has 1 aromatic carbocycles. The lowest BCUT2D eigenvalue weighted by molar-refractivity contribution is 0.0949. The number of benzene rings is 1. The van der Waals surface area contributed by atoms with E-state index >= 15 is 0 Å². The van der Waals surface area contributed by atoms with E-state index in [1.165, 1.54) is 0 Å². The van der Waals surface area contributed by atoms with Crippen molar-refractivity contribution in [3.05, 3.63) is 42.2 Å². The third kappa shape index (κ3) is 3.77. The molecule has 0 bridgehead atoms.